The minimum Gasteiger partial charge on any atom is -0.480 e. The van der Waals surface area contributed by atoms with Gasteiger partial charge < -0.3 is 20.3 Å². The highest BCUT2D eigenvalue weighted by Crippen LogP contribution is 1.95. The van der Waals surface area contributed by atoms with Crippen molar-refractivity contribution in [2.45, 2.75) is 39.4 Å². The molecule has 0 unspecified atom stereocenters. The maximum absolute atomic E-state index is 11.5. The van der Waals surface area contributed by atoms with Gasteiger partial charge in [0.2, 0.25) is 0 Å². The second kappa shape index (κ2) is 6.58. The molecule has 1 heterocycles. The molecular weight excluding hydrogens is 238 g/mol. The van der Waals surface area contributed by atoms with Crippen molar-refractivity contribution in [2.75, 3.05) is 0 Å². The molecule has 0 bridgehead atoms. The molecule has 0 aliphatic heterocycles. The van der Waals surface area contributed by atoms with E-state index in [0.29, 0.717) is 18.8 Å². The van der Waals surface area contributed by atoms with Crippen molar-refractivity contribution in [1.29, 1.82) is 0 Å². The molecule has 8 heteroatoms. The Morgan fingerprint density at radius 1 is 1.50 bits per heavy atom. The van der Waals surface area contributed by atoms with E-state index >= 15 is 0 Å². The topological polar surface area (TPSA) is 109 Å². The molecule has 3 N–H and O–H groups in total. The van der Waals surface area contributed by atoms with Crippen LogP contribution in [0.25, 0.3) is 0 Å². The lowest BCUT2D eigenvalue weighted by atomic mass is 10.2. The van der Waals surface area contributed by atoms with Crippen LogP contribution in [-0.4, -0.2) is 37.9 Å². The fraction of sp³-hybridized carbons (Fsp3) is 0.600. The van der Waals surface area contributed by atoms with Crippen molar-refractivity contribution < 1.29 is 14.7 Å². The Balaban J connectivity index is 2.44. The molecule has 1 aromatic rings. The second-order valence-electron chi connectivity index (χ2n) is 3.66. The van der Waals surface area contributed by atoms with Gasteiger partial charge in [-0.3, -0.25) is 0 Å². The number of amides is 2. The molecule has 1 aromatic heterocycles. The summed E-state index contributed by atoms with van der Waals surface area (Å²) in [5, 5.41) is 21.3. The van der Waals surface area contributed by atoms with Crippen LogP contribution < -0.4 is 10.6 Å². The van der Waals surface area contributed by atoms with E-state index in [9.17, 15) is 9.59 Å². The minimum absolute atomic E-state index is 0.204. The van der Waals surface area contributed by atoms with E-state index in [-0.39, 0.29) is 6.54 Å². The van der Waals surface area contributed by atoms with Gasteiger partial charge in [0.05, 0.1) is 6.54 Å². The number of urea groups is 1. The third-order valence-corrected chi connectivity index (χ3v) is 2.46. The molecule has 0 aromatic carbocycles. The third kappa shape index (κ3) is 3.72. The standard InChI is InChI=1S/C10H17N5O3/c1-3-7(9(16)17)13-10(18)11-5-8-14-12-6-15(8)4-2/h6-7H,3-5H2,1-2H3,(H,16,17)(H2,11,13,18)/t7-/m1/s1. The summed E-state index contributed by atoms with van der Waals surface area (Å²) in [5.74, 6) is -0.430. The van der Waals surface area contributed by atoms with E-state index in [1.54, 1.807) is 17.8 Å². The SMILES string of the molecule is CC[C@@H](NC(=O)NCc1nncn1CC)C(=O)O. The van der Waals surface area contributed by atoms with E-state index in [1.165, 1.54) is 0 Å². The van der Waals surface area contributed by atoms with Crippen molar-refractivity contribution >= 4 is 12.0 Å². The molecular formula is C10H17N5O3. The Labute approximate surface area is 104 Å². The lowest BCUT2D eigenvalue weighted by Crippen LogP contribution is -2.45. The molecule has 100 valence electrons. The van der Waals surface area contributed by atoms with Crippen LogP contribution in [0.2, 0.25) is 0 Å². The maximum atomic E-state index is 11.5. The summed E-state index contributed by atoms with van der Waals surface area (Å²) in [6, 6.07) is -1.41. The van der Waals surface area contributed by atoms with Crippen LogP contribution in [-0.2, 0) is 17.9 Å². The third-order valence-electron chi connectivity index (χ3n) is 2.46. The first-order valence-corrected chi connectivity index (χ1v) is 5.72. The zero-order valence-corrected chi connectivity index (χ0v) is 10.4. The Bertz CT molecular complexity index is 417. The summed E-state index contributed by atoms with van der Waals surface area (Å²) in [6.45, 7) is 4.53. The molecule has 1 atom stereocenters. The largest absolute Gasteiger partial charge is 0.480 e. The zero-order valence-electron chi connectivity index (χ0n) is 10.4. The van der Waals surface area contributed by atoms with Crippen LogP contribution in [0, 0.1) is 0 Å². The van der Waals surface area contributed by atoms with Crippen LogP contribution in [0.5, 0.6) is 0 Å². The first kappa shape index (κ1) is 13.9. The number of rotatable bonds is 6. The van der Waals surface area contributed by atoms with E-state index in [4.69, 9.17) is 5.11 Å². The lowest BCUT2D eigenvalue weighted by Gasteiger charge is -2.13. The summed E-state index contributed by atoms with van der Waals surface area (Å²) in [5.41, 5.74) is 0. The van der Waals surface area contributed by atoms with Gasteiger partial charge in [0.1, 0.15) is 12.4 Å². The molecule has 2 amide bonds. The molecule has 0 radical (unpaired) electrons. The Morgan fingerprint density at radius 2 is 2.22 bits per heavy atom. The number of hydrogen-bond donors (Lipinski definition) is 3. The number of carboxylic acid groups (broad SMARTS) is 1. The summed E-state index contributed by atoms with van der Waals surface area (Å²) in [4.78, 5) is 22.2. The van der Waals surface area contributed by atoms with Gasteiger partial charge in [0, 0.05) is 6.54 Å². The average molecular weight is 255 g/mol. The number of nitrogens with one attached hydrogen (secondary N) is 2. The van der Waals surface area contributed by atoms with E-state index in [2.05, 4.69) is 20.8 Å². The van der Waals surface area contributed by atoms with E-state index in [1.807, 2.05) is 6.92 Å². The van der Waals surface area contributed by atoms with Crippen molar-refractivity contribution in [1.82, 2.24) is 25.4 Å². The fourth-order valence-electron chi connectivity index (χ4n) is 1.39. The van der Waals surface area contributed by atoms with Gasteiger partial charge in [-0.05, 0) is 13.3 Å². The predicted molar refractivity (Wildman–Crippen MR) is 62.8 cm³/mol. The molecule has 0 aliphatic rings. The van der Waals surface area contributed by atoms with Gasteiger partial charge in [-0.2, -0.15) is 0 Å². The highest BCUT2D eigenvalue weighted by atomic mass is 16.4. The summed E-state index contributed by atoms with van der Waals surface area (Å²) in [6.07, 6.45) is 1.90. The smallest absolute Gasteiger partial charge is 0.326 e. The van der Waals surface area contributed by atoms with Crippen molar-refractivity contribution in [3.05, 3.63) is 12.2 Å². The molecule has 0 fully saturated rings. The maximum Gasteiger partial charge on any atom is 0.326 e. The number of carbonyl (C=O) groups is 2. The Hall–Kier alpha value is -2.12. The monoisotopic (exact) mass is 255 g/mol. The summed E-state index contributed by atoms with van der Waals surface area (Å²) >= 11 is 0. The minimum atomic E-state index is -1.05. The van der Waals surface area contributed by atoms with Gasteiger partial charge in [0.15, 0.2) is 5.82 Å². The second-order valence-corrected chi connectivity index (χ2v) is 3.66. The zero-order chi connectivity index (χ0) is 13.5. The Kier molecular flexibility index (Phi) is 5.09. The number of aryl methyl sites for hydroxylation is 1. The molecule has 0 aliphatic carbocycles. The number of nitrogens with zero attached hydrogens (tertiary/aromatic N) is 3. The molecule has 8 nitrogen and oxygen atoms in total. The first-order valence-electron chi connectivity index (χ1n) is 5.72. The molecule has 0 saturated carbocycles. The Morgan fingerprint density at radius 3 is 2.78 bits per heavy atom. The van der Waals surface area contributed by atoms with Crippen LogP contribution in [0.1, 0.15) is 26.1 Å². The van der Waals surface area contributed by atoms with Crippen LogP contribution in [0.15, 0.2) is 6.33 Å². The normalized spacial score (nSPS) is 11.9. The highest BCUT2D eigenvalue weighted by molar-refractivity contribution is 5.82. The van der Waals surface area contributed by atoms with Crippen molar-refractivity contribution in [2.24, 2.45) is 0 Å². The van der Waals surface area contributed by atoms with Gasteiger partial charge in [-0.1, -0.05) is 6.92 Å². The molecule has 1 rings (SSSR count). The predicted octanol–water partition coefficient (Wildman–Crippen LogP) is -0.0396. The number of aliphatic carboxylic acids is 1. The summed E-state index contributed by atoms with van der Waals surface area (Å²) in [7, 11) is 0. The van der Waals surface area contributed by atoms with E-state index < -0.39 is 18.0 Å². The van der Waals surface area contributed by atoms with Crippen LogP contribution in [0.3, 0.4) is 0 Å². The van der Waals surface area contributed by atoms with Crippen LogP contribution >= 0.6 is 0 Å². The highest BCUT2D eigenvalue weighted by Gasteiger charge is 2.17. The lowest BCUT2D eigenvalue weighted by molar-refractivity contribution is -0.139. The molecule has 0 spiro atoms. The number of carbonyl (C=O) groups excluding carboxylic acids is 1. The van der Waals surface area contributed by atoms with Crippen LogP contribution in [0.4, 0.5) is 4.79 Å². The molecule has 0 saturated heterocycles. The number of aromatic nitrogens is 3. The van der Waals surface area contributed by atoms with Gasteiger partial charge in [-0.15, -0.1) is 10.2 Å². The van der Waals surface area contributed by atoms with E-state index in [0.717, 1.165) is 0 Å². The number of hydrogen-bond acceptors (Lipinski definition) is 4. The number of carboxylic acids is 1. The van der Waals surface area contributed by atoms with Gasteiger partial charge >= 0.3 is 12.0 Å². The van der Waals surface area contributed by atoms with Crippen molar-refractivity contribution in [3.63, 3.8) is 0 Å². The van der Waals surface area contributed by atoms with Crippen molar-refractivity contribution in [3.8, 4) is 0 Å². The molecule has 18 heavy (non-hydrogen) atoms. The average Bonchev–Trinajstić information content (AvgIpc) is 2.80. The first-order chi connectivity index (χ1) is 8.58. The van der Waals surface area contributed by atoms with Gasteiger partial charge in [-0.25, -0.2) is 9.59 Å². The fourth-order valence-corrected chi connectivity index (χ4v) is 1.39. The quantitative estimate of drug-likeness (QED) is 0.660. The summed E-state index contributed by atoms with van der Waals surface area (Å²) < 4.78 is 1.79. The van der Waals surface area contributed by atoms with Gasteiger partial charge in [0.25, 0.3) is 0 Å².